The Bertz CT molecular complexity index is 458. The number of fused-ring (bicyclic) bond motifs is 1. The zero-order valence-electron chi connectivity index (χ0n) is 12.1. The molecule has 1 aromatic heterocycles. The van der Waals surface area contributed by atoms with Gasteiger partial charge in [-0.3, -0.25) is 9.69 Å². The molecule has 0 saturated carbocycles. The summed E-state index contributed by atoms with van der Waals surface area (Å²) in [5.74, 6) is 1.18. The quantitative estimate of drug-likeness (QED) is 0.837. The van der Waals surface area contributed by atoms with Gasteiger partial charge in [-0.05, 0) is 25.0 Å². The minimum Gasteiger partial charge on any atom is -0.468 e. The third kappa shape index (κ3) is 2.60. The molecule has 0 aliphatic carbocycles. The number of carbonyl (C=O) groups excluding carboxylic acids is 1. The number of furan rings is 1. The Morgan fingerprint density at radius 2 is 2.35 bits per heavy atom. The molecule has 1 amide bonds. The van der Waals surface area contributed by atoms with E-state index in [1.165, 1.54) is 0 Å². The summed E-state index contributed by atoms with van der Waals surface area (Å²) in [6, 6.07) is 4.32. The number of rotatable bonds is 3. The summed E-state index contributed by atoms with van der Waals surface area (Å²) in [5, 5.41) is 0. The molecule has 5 heteroatoms. The Balaban J connectivity index is 1.74. The Kier molecular flexibility index (Phi) is 3.81. The Hall–Kier alpha value is -1.33. The van der Waals surface area contributed by atoms with Crippen LogP contribution in [0.4, 0.5) is 0 Å². The number of likely N-dealkylation sites (tertiary alicyclic amines) is 1. The van der Waals surface area contributed by atoms with Gasteiger partial charge in [0.1, 0.15) is 5.76 Å². The fraction of sp³-hybridized carbons (Fsp3) is 0.667. The Labute approximate surface area is 119 Å². The molecular weight excluding hydrogens is 256 g/mol. The van der Waals surface area contributed by atoms with Crippen molar-refractivity contribution in [1.29, 1.82) is 0 Å². The first-order valence-corrected chi connectivity index (χ1v) is 7.24. The van der Waals surface area contributed by atoms with Crippen LogP contribution in [-0.2, 0) is 16.1 Å². The molecule has 110 valence electrons. The monoisotopic (exact) mass is 278 g/mol. The minimum absolute atomic E-state index is 0.0271. The van der Waals surface area contributed by atoms with Crippen LogP contribution in [0, 0.1) is 5.92 Å². The van der Waals surface area contributed by atoms with Crippen molar-refractivity contribution < 1.29 is 13.9 Å². The Morgan fingerprint density at radius 3 is 3.05 bits per heavy atom. The van der Waals surface area contributed by atoms with Crippen LogP contribution in [0.25, 0.3) is 0 Å². The van der Waals surface area contributed by atoms with Gasteiger partial charge in [0.15, 0.2) is 0 Å². The molecule has 0 radical (unpaired) electrons. The first kappa shape index (κ1) is 13.6. The molecule has 20 heavy (non-hydrogen) atoms. The number of hydrogen-bond acceptors (Lipinski definition) is 4. The predicted octanol–water partition coefficient (Wildman–Crippen LogP) is 1.35. The molecule has 5 nitrogen and oxygen atoms in total. The van der Waals surface area contributed by atoms with E-state index in [9.17, 15) is 4.79 Å². The molecule has 3 atom stereocenters. The number of hydrogen-bond donors (Lipinski definition) is 0. The van der Waals surface area contributed by atoms with Crippen molar-refractivity contribution in [3.8, 4) is 0 Å². The van der Waals surface area contributed by atoms with Crippen LogP contribution < -0.4 is 0 Å². The second-order valence-electron chi connectivity index (χ2n) is 5.94. The van der Waals surface area contributed by atoms with Crippen LogP contribution in [0.15, 0.2) is 22.8 Å². The lowest BCUT2D eigenvalue weighted by atomic mass is 9.89. The maximum absolute atomic E-state index is 12.3. The minimum atomic E-state index is 0.0271. The second-order valence-corrected chi connectivity index (χ2v) is 5.94. The van der Waals surface area contributed by atoms with E-state index in [1.807, 2.05) is 26.2 Å². The fourth-order valence-corrected chi connectivity index (χ4v) is 3.38. The van der Waals surface area contributed by atoms with E-state index in [0.717, 1.165) is 38.3 Å². The molecule has 2 aliphatic heterocycles. The van der Waals surface area contributed by atoms with E-state index in [4.69, 9.17) is 9.15 Å². The summed E-state index contributed by atoms with van der Waals surface area (Å²) in [4.78, 5) is 16.3. The van der Waals surface area contributed by atoms with Gasteiger partial charge in [0.05, 0.1) is 24.8 Å². The summed E-state index contributed by atoms with van der Waals surface area (Å²) >= 11 is 0. The highest BCUT2D eigenvalue weighted by Crippen LogP contribution is 2.32. The topological polar surface area (TPSA) is 45.9 Å². The maximum atomic E-state index is 12.3. The molecule has 3 heterocycles. The van der Waals surface area contributed by atoms with Gasteiger partial charge in [-0.2, -0.15) is 0 Å². The van der Waals surface area contributed by atoms with Crippen LogP contribution in [0.2, 0.25) is 0 Å². The van der Waals surface area contributed by atoms with Crippen LogP contribution in [-0.4, -0.2) is 55.1 Å². The lowest BCUT2D eigenvalue weighted by molar-refractivity contribution is -0.137. The van der Waals surface area contributed by atoms with E-state index in [0.29, 0.717) is 6.04 Å². The highest BCUT2D eigenvalue weighted by atomic mass is 16.5. The first-order chi connectivity index (χ1) is 9.65. The summed E-state index contributed by atoms with van der Waals surface area (Å²) in [6.07, 6.45) is 3.78. The summed E-state index contributed by atoms with van der Waals surface area (Å²) < 4.78 is 11.3. The van der Waals surface area contributed by atoms with Gasteiger partial charge in [0.25, 0.3) is 0 Å². The normalized spacial score (nSPS) is 30.2. The molecule has 0 spiro atoms. The lowest BCUT2D eigenvalue weighted by Gasteiger charge is -2.40. The largest absolute Gasteiger partial charge is 0.468 e. The molecule has 2 saturated heterocycles. The first-order valence-electron chi connectivity index (χ1n) is 7.24. The van der Waals surface area contributed by atoms with E-state index >= 15 is 0 Å². The number of amides is 1. The summed E-state index contributed by atoms with van der Waals surface area (Å²) in [6.45, 7) is 2.35. The maximum Gasteiger partial charge on any atom is 0.226 e. The molecule has 1 aromatic rings. The van der Waals surface area contributed by atoms with E-state index in [2.05, 4.69) is 4.90 Å². The highest BCUT2D eigenvalue weighted by Gasteiger charge is 2.42. The van der Waals surface area contributed by atoms with Gasteiger partial charge >= 0.3 is 0 Å². The van der Waals surface area contributed by atoms with Crippen molar-refractivity contribution in [3.63, 3.8) is 0 Å². The predicted molar refractivity (Wildman–Crippen MR) is 74.1 cm³/mol. The zero-order chi connectivity index (χ0) is 14.1. The smallest absolute Gasteiger partial charge is 0.226 e. The van der Waals surface area contributed by atoms with Crippen LogP contribution in [0.5, 0.6) is 0 Å². The zero-order valence-corrected chi connectivity index (χ0v) is 12.1. The van der Waals surface area contributed by atoms with E-state index < -0.39 is 0 Å². The van der Waals surface area contributed by atoms with E-state index in [-0.39, 0.29) is 17.9 Å². The van der Waals surface area contributed by atoms with Gasteiger partial charge in [-0.25, -0.2) is 0 Å². The highest BCUT2D eigenvalue weighted by molar-refractivity contribution is 5.78. The lowest BCUT2D eigenvalue weighted by Crippen LogP contribution is -2.52. The number of ether oxygens (including phenoxy) is 1. The van der Waals surface area contributed by atoms with Gasteiger partial charge in [-0.15, -0.1) is 0 Å². The molecular formula is C15H22N2O3. The Morgan fingerprint density at radius 1 is 1.50 bits per heavy atom. The molecule has 3 rings (SSSR count). The van der Waals surface area contributed by atoms with Crippen molar-refractivity contribution >= 4 is 5.91 Å². The van der Waals surface area contributed by atoms with Crippen molar-refractivity contribution in [1.82, 2.24) is 9.80 Å². The molecule has 0 unspecified atom stereocenters. The molecule has 2 fully saturated rings. The van der Waals surface area contributed by atoms with Crippen molar-refractivity contribution in [2.45, 2.75) is 31.5 Å². The average molecular weight is 278 g/mol. The summed E-state index contributed by atoms with van der Waals surface area (Å²) in [5.41, 5.74) is 0. The van der Waals surface area contributed by atoms with Crippen LogP contribution >= 0.6 is 0 Å². The van der Waals surface area contributed by atoms with Crippen molar-refractivity contribution in [2.75, 3.05) is 27.2 Å². The summed E-state index contributed by atoms with van der Waals surface area (Å²) in [7, 11) is 3.64. The van der Waals surface area contributed by atoms with Gasteiger partial charge in [0, 0.05) is 33.3 Å². The number of piperidine rings is 1. The fourth-order valence-electron chi connectivity index (χ4n) is 3.38. The SMILES string of the molecule is CN(C)C(=O)[C@@H]1C[C@@H]2OCC[C@@H]2N(Cc2ccco2)C1. The van der Waals surface area contributed by atoms with Gasteiger partial charge in [-0.1, -0.05) is 0 Å². The van der Waals surface area contributed by atoms with Gasteiger partial charge < -0.3 is 14.1 Å². The molecule has 2 aliphatic rings. The third-order valence-electron chi connectivity index (χ3n) is 4.34. The second kappa shape index (κ2) is 5.58. The molecule has 0 aromatic carbocycles. The van der Waals surface area contributed by atoms with Crippen LogP contribution in [0.3, 0.4) is 0 Å². The third-order valence-corrected chi connectivity index (χ3v) is 4.34. The number of nitrogens with zero attached hydrogens (tertiary/aromatic N) is 2. The van der Waals surface area contributed by atoms with Crippen molar-refractivity contribution in [2.24, 2.45) is 5.92 Å². The number of carbonyl (C=O) groups is 1. The molecule has 0 bridgehead atoms. The van der Waals surface area contributed by atoms with Gasteiger partial charge in [0.2, 0.25) is 5.91 Å². The van der Waals surface area contributed by atoms with E-state index in [1.54, 1.807) is 11.2 Å². The average Bonchev–Trinajstić information content (AvgIpc) is 3.07. The standard InChI is InChI=1S/C15H22N2O3/c1-16(2)15(18)11-8-14-13(5-7-20-14)17(9-11)10-12-4-3-6-19-12/h3-4,6,11,13-14H,5,7-10H2,1-2H3/t11-,13+,14+/m1/s1. The van der Waals surface area contributed by atoms with Crippen LogP contribution in [0.1, 0.15) is 18.6 Å². The molecule has 0 N–H and O–H groups in total. The van der Waals surface area contributed by atoms with Crippen molar-refractivity contribution in [3.05, 3.63) is 24.2 Å².